The molecule has 1 aliphatic heterocycles. The monoisotopic (exact) mass is 345 g/mol. The fraction of sp³-hybridized carbons (Fsp3) is 0.600. The highest BCUT2D eigenvalue weighted by atomic mass is 16.2. The van der Waals surface area contributed by atoms with Gasteiger partial charge in [0.1, 0.15) is 0 Å². The highest BCUT2D eigenvalue weighted by Crippen LogP contribution is 2.25. The zero-order chi connectivity index (χ0) is 18.6. The van der Waals surface area contributed by atoms with Gasteiger partial charge in [0.2, 0.25) is 11.8 Å². The van der Waals surface area contributed by atoms with Crippen LogP contribution in [0.15, 0.2) is 24.3 Å². The van der Waals surface area contributed by atoms with Gasteiger partial charge >= 0.3 is 0 Å². The van der Waals surface area contributed by atoms with Gasteiger partial charge in [0.05, 0.1) is 5.92 Å². The molecule has 0 saturated carbocycles. The topological polar surface area (TPSA) is 52.7 Å². The number of amides is 2. The molecule has 1 heterocycles. The highest BCUT2D eigenvalue weighted by Gasteiger charge is 2.35. The van der Waals surface area contributed by atoms with Crippen molar-refractivity contribution in [1.82, 2.24) is 10.2 Å². The number of benzene rings is 1. The van der Waals surface area contributed by atoms with Crippen molar-refractivity contribution in [3.63, 3.8) is 0 Å². The molecule has 1 fully saturated rings. The van der Waals surface area contributed by atoms with Crippen molar-refractivity contribution in [2.45, 2.75) is 53.1 Å². The second-order valence-electron chi connectivity index (χ2n) is 7.46. The summed E-state index contributed by atoms with van der Waals surface area (Å²) >= 11 is 0. The molecule has 138 valence electrons. The summed E-state index contributed by atoms with van der Waals surface area (Å²) in [6, 6.07) is 8.75. The maximum absolute atomic E-state index is 12.4. The van der Waals surface area contributed by atoms with Crippen molar-refractivity contribution in [1.29, 1.82) is 0 Å². The van der Waals surface area contributed by atoms with Crippen LogP contribution in [0, 0.1) is 12.8 Å². The largest absolute Gasteiger partial charge is 0.355 e. The molecule has 1 saturated heterocycles. The van der Waals surface area contributed by atoms with E-state index in [4.69, 9.17) is 0 Å². The summed E-state index contributed by atoms with van der Waals surface area (Å²) in [5.41, 5.74) is 2.03. The smallest absolute Gasteiger partial charge is 0.227 e. The molecule has 2 rings (SSSR count). The average Bonchev–Trinajstić information content (AvgIpc) is 2.93. The van der Waals surface area contributed by atoms with Crippen molar-refractivity contribution < 1.29 is 9.59 Å². The van der Waals surface area contributed by atoms with E-state index in [-0.39, 0.29) is 24.2 Å². The fourth-order valence-electron chi connectivity index (χ4n) is 3.42. The van der Waals surface area contributed by atoms with Gasteiger partial charge < -0.3 is 10.2 Å². The molecule has 1 aliphatic rings. The summed E-state index contributed by atoms with van der Waals surface area (Å²) in [5, 5.41) is 3.01. The Labute approximate surface area is 151 Å². The van der Waals surface area contributed by atoms with E-state index in [9.17, 15) is 9.59 Å². The van der Waals surface area contributed by atoms with Gasteiger partial charge in [0.15, 0.2) is 0 Å². The van der Waals surface area contributed by atoms with E-state index in [1.54, 1.807) is 4.90 Å². The van der Waals surface area contributed by atoms with E-state index < -0.39 is 0 Å². The van der Waals surface area contributed by atoms with Gasteiger partial charge in [-0.3, -0.25) is 14.5 Å². The van der Waals surface area contributed by atoms with Crippen LogP contribution in [0.1, 0.15) is 39.7 Å². The molecule has 1 N–H and O–H groups in total. The molecule has 5 heteroatoms. The Kier molecular flexibility index (Phi) is 6.59. The van der Waals surface area contributed by atoms with Gasteiger partial charge in [-0.1, -0.05) is 17.7 Å². The first-order valence-corrected chi connectivity index (χ1v) is 9.20. The molecule has 0 bridgehead atoms. The Hall–Kier alpha value is -1.88. The minimum atomic E-state index is -0.264. The van der Waals surface area contributed by atoms with E-state index >= 15 is 0 Å². The van der Waals surface area contributed by atoms with E-state index in [1.165, 1.54) is 0 Å². The summed E-state index contributed by atoms with van der Waals surface area (Å²) in [6.07, 6.45) is 0.289. The van der Waals surface area contributed by atoms with Crippen molar-refractivity contribution in [2.75, 3.05) is 24.5 Å². The number of hydrogen-bond donors (Lipinski definition) is 1. The first kappa shape index (κ1) is 19.4. The number of carbonyl (C=O) groups is 2. The van der Waals surface area contributed by atoms with Gasteiger partial charge in [-0.25, -0.2) is 0 Å². The van der Waals surface area contributed by atoms with Gasteiger partial charge in [0.25, 0.3) is 0 Å². The lowest BCUT2D eigenvalue weighted by molar-refractivity contribution is -0.126. The molecular formula is C20H31N3O2. The standard InChI is InChI=1S/C20H31N3O2/c1-14(2)22(15(3)4)11-10-21-20(25)17-12-19(24)23(13-17)18-8-6-16(5)7-9-18/h6-9,14-15,17H,10-13H2,1-5H3,(H,21,25). The maximum atomic E-state index is 12.4. The van der Waals surface area contributed by atoms with Crippen molar-refractivity contribution in [3.8, 4) is 0 Å². The summed E-state index contributed by atoms with van der Waals surface area (Å²) in [6.45, 7) is 12.6. The SMILES string of the molecule is Cc1ccc(N2CC(C(=O)NCCN(C(C)C)C(C)C)CC2=O)cc1. The third-order valence-electron chi connectivity index (χ3n) is 4.84. The van der Waals surface area contributed by atoms with Crippen LogP contribution in [-0.2, 0) is 9.59 Å². The number of nitrogens with one attached hydrogen (secondary N) is 1. The third kappa shape index (κ3) is 5.05. The number of anilines is 1. The summed E-state index contributed by atoms with van der Waals surface area (Å²) in [5.74, 6) is -0.259. The highest BCUT2D eigenvalue weighted by molar-refractivity contribution is 6.00. The Bertz CT molecular complexity index is 587. The Morgan fingerprint density at radius 2 is 1.80 bits per heavy atom. The van der Waals surface area contributed by atoms with Crippen LogP contribution in [0.3, 0.4) is 0 Å². The van der Waals surface area contributed by atoms with Crippen LogP contribution in [0.5, 0.6) is 0 Å². The average molecular weight is 345 g/mol. The molecule has 5 nitrogen and oxygen atoms in total. The van der Waals surface area contributed by atoms with Crippen LogP contribution in [0.4, 0.5) is 5.69 Å². The zero-order valence-corrected chi connectivity index (χ0v) is 16.1. The van der Waals surface area contributed by atoms with Crippen LogP contribution < -0.4 is 10.2 Å². The van der Waals surface area contributed by atoms with Crippen molar-refractivity contribution in [2.24, 2.45) is 5.92 Å². The molecule has 0 aliphatic carbocycles. The maximum Gasteiger partial charge on any atom is 0.227 e. The van der Waals surface area contributed by atoms with E-state index in [0.717, 1.165) is 17.8 Å². The first-order chi connectivity index (χ1) is 11.8. The second-order valence-corrected chi connectivity index (χ2v) is 7.46. The minimum absolute atomic E-state index is 0.0181. The number of nitrogens with zero attached hydrogens (tertiary/aromatic N) is 2. The lowest BCUT2D eigenvalue weighted by Gasteiger charge is -2.30. The Morgan fingerprint density at radius 3 is 2.36 bits per heavy atom. The summed E-state index contributed by atoms with van der Waals surface area (Å²) < 4.78 is 0. The predicted molar refractivity (Wildman–Crippen MR) is 102 cm³/mol. The Morgan fingerprint density at radius 1 is 1.20 bits per heavy atom. The molecule has 2 amide bonds. The molecule has 1 aromatic carbocycles. The first-order valence-electron chi connectivity index (χ1n) is 9.20. The summed E-state index contributed by atoms with van der Waals surface area (Å²) in [4.78, 5) is 28.8. The lowest BCUT2D eigenvalue weighted by Crippen LogP contribution is -2.43. The molecular weight excluding hydrogens is 314 g/mol. The van der Waals surface area contributed by atoms with Gasteiger partial charge in [-0.05, 0) is 46.8 Å². The zero-order valence-electron chi connectivity index (χ0n) is 16.1. The minimum Gasteiger partial charge on any atom is -0.355 e. The van der Waals surface area contributed by atoms with Crippen LogP contribution in [0.2, 0.25) is 0 Å². The summed E-state index contributed by atoms with van der Waals surface area (Å²) in [7, 11) is 0. The van der Waals surface area contributed by atoms with Gasteiger partial charge in [0, 0.05) is 43.8 Å². The number of aryl methyl sites for hydroxylation is 1. The number of rotatable bonds is 7. The predicted octanol–water partition coefficient (Wildman–Crippen LogP) is 2.58. The molecule has 0 spiro atoms. The number of carbonyl (C=O) groups excluding carboxylic acids is 2. The molecule has 0 radical (unpaired) electrons. The lowest BCUT2D eigenvalue weighted by atomic mass is 10.1. The second kappa shape index (κ2) is 8.48. The van der Waals surface area contributed by atoms with Crippen LogP contribution in [0.25, 0.3) is 0 Å². The quantitative estimate of drug-likeness (QED) is 0.826. The third-order valence-corrected chi connectivity index (χ3v) is 4.84. The van der Waals surface area contributed by atoms with Gasteiger partial charge in [-0.2, -0.15) is 0 Å². The van der Waals surface area contributed by atoms with Crippen molar-refractivity contribution in [3.05, 3.63) is 29.8 Å². The van der Waals surface area contributed by atoms with E-state index in [2.05, 4.69) is 37.9 Å². The van der Waals surface area contributed by atoms with E-state index in [1.807, 2.05) is 31.2 Å². The molecule has 1 unspecified atom stereocenters. The normalized spacial score (nSPS) is 17.8. The Balaban J connectivity index is 1.87. The molecule has 1 aromatic rings. The molecule has 1 atom stereocenters. The van der Waals surface area contributed by atoms with Gasteiger partial charge in [-0.15, -0.1) is 0 Å². The number of hydrogen-bond acceptors (Lipinski definition) is 3. The van der Waals surface area contributed by atoms with Crippen LogP contribution in [-0.4, -0.2) is 48.4 Å². The van der Waals surface area contributed by atoms with E-state index in [0.29, 0.717) is 25.2 Å². The van der Waals surface area contributed by atoms with Crippen molar-refractivity contribution >= 4 is 17.5 Å². The molecule has 0 aromatic heterocycles. The van der Waals surface area contributed by atoms with Crippen LogP contribution >= 0.6 is 0 Å². The molecule has 25 heavy (non-hydrogen) atoms. The fourth-order valence-corrected chi connectivity index (χ4v) is 3.42.